The minimum absolute atomic E-state index is 0.0172. The van der Waals surface area contributed by atoms with Gasteiger partial charge >= 0.3 is 6.18 Å². The lowest BCUT2D eigenvalue weighted by Crippen LogP contribution is -2.12. The Kier molecular flexibility index (Phi) is 5.13. The molecule has 1 aromatic heterocycles. The van der Waals surface area contributed by atoms with Gasteiger partial charge in [0.15, 0.2) is 0 Å². The van der Waals surface area contributed by atoms with Crippen LogP contribution in [0.5, 0.6) is 0 Å². The van der Waals surface area contributed by atoms with Gasteiger partial charge in [-0.15, -0.1) is 0 Å². The molecule has 1 unspecified atom stereocenters. The predicted octanol–water partition coefficient (Wildman–Crippen LogP) is 5.58. The summed E-state index contributed by atoms with van der Waals surface area (Å²) in [6, 6.07) is 12.9. The molecule has 0 radical (unpaired) electrons. The fraction of sp³-hybridized carbons (Fsp3) is 0.211. The van der Waals surface area contributed by atoms with Crippen LogP contribution in [0.1, 0.15) is 22.6 Å². The number of imidazole rings is 1. The van der Waals surface area contributed by atoms with Crippen LogP contribution in [0, 0.1) is 0 Å². The topological polar surface area (TPSA) is 17.8 Å². The van der Waals surface area contributed by atoms with E-state index in [0.717, 1.165) is 23.3 Å². The monoisotopic (exact) mass is 364 g/mol. The molecule has 1 atom stereocenters. The average molecular weight is 365 g/mol. The molecule has 0 aliphatic rings. The number of benzene rings is 2. The summed E-state index contributed by atoms with van der Waals surface area (Å²) in [6.45, 7) is 0.608. The zero-order chi connectivity index (χ0) is 17.9. The molecular formula is C19H16ClF3N2. The normalized spacial score (nSPS) is 13.0. The summed E-state index contributed by atoms with van der Waals surface area (Å²) in [6.07, 6.45) is 1.51. The molecule has 2 nitrogen and oxygen atoms in total. The standard InChI is InChI=1S/C19H16ClF3N2/c20-18-4-2-1-3-15(18)11-16(12-25-10-9-24-13-25)14-5-7-17(8-6-14)19(21,22)23/h1-10,13,16H,11-12H2. The van der Waals surface area contributed by atoms with Gasteiger partial charge in [-0.3, -0.25) is 0 Å². The van der Waals surface area contributed by atoms with E-state index in [4.69, 9.17) is 11.6 Å². The average Bonchev–Trinajstić information content (AvgIpc) is 3.09. The molecule has 130 valence electrons. The molecule has 0 bridgehead atoms. The van der Waals surface area contributed by atoms with Gasteiger partial charge < -0.3 is 4.57 Å². The minimum Gasteiger partial charge on any atom is -0.337 e. The van der Waals surface area contributed by atoms with Gasteiger partial charge in [-0.05, 0) is 35.7 Å². The van der Waals surface area contributed by atoms with Gasteiger partial charge in [-0.2, -0.15) is 13.2 Å². The zero-order valence-corrected chi connectivity index (χ0v) is 14.0. The van der Waals surface area contributed by atoms with Crippen LogP contribution in [0.2, 0.25) is 5.02 Å². The number of alkyl halides is 3. The largest absolute Gasteiger partial charge is 0.416 e. The highest BCUT2D eigenvalue weighted by molar-refractivity contribution is 6.31. The van der Waals surface area contributed by atoms with Crippen molar-refractivity contribution < 1.29 is 13.2 Å². The molecule has 0 spiro atoms. The van der Waals surface area contributed by atoms with Gasteiger partial charge in [0.1, 0.15) is 0 Å². The Morgan fingerprint density at radius 1 is 1.04 bits per heavy atom. The van der Waals surface area contributed by atoms with Crippen LogP contribution in [-0.4, -0.2) is 9.55 Å². The van der Waals surface area contributed by atoms with Crippen molar-refractivity contribution in [1.29, 1.82) is 0 Å². The van der Waals surface area contributed by atoms with Crippen molar-refractivity contribution in [3.05, 3.63) is 89.0 Å². The van der Waals surface area contributed by atoms with E-state index in [0.29, 0.717) is 18.0 Å². The summed E-state index contributed by atoms with van der Waals surface area (Å²) in [7, 11) is 0. The molecule has 3 rings (SSSR count). The molecule has 0 amide bonds. The number of rotatable bonds is 5. The maximum atomic E-state index is 12.8. The first kappa shape index (κ1) is 17.5. The molecular weight excluding hydrogens is 349 g/mol. The highest BCUT2D eigenvalue weighted by Gasteiger charge is 2.30. The lowest BCUT2D eigenvalue weighted by Gasteiger charge is -2.19. The summed E-state index contributed by atoms with van der Waals surface area (Å²) in [5, 5.41) is 0.657. The minimum atomic E-state index is -4.33. The van der Waals surface area contributed by atoms with Gasteiger partial charge in [0.05, 0.1) is 11.9 Å². The van der Waals surface area contributed by atoms with Crippen LogP contribution in [0.15, 0.2) is 67.3 Å². The first-order valence-electron chi connectivity index (χ1n) is 7.80. The van der Waals surface area contributed by atoms with Crippen molar-refractivity contribution in [2.24, 2.45) is 0 Å². The van der Waals surface area contributed by atoms with Crippen molar-refractivity contribution in [2.75, 3.05) is 0 Å². The Bertz CT molecular complexity index is 811. The highest BCUT2D eigenvalue weighted by atomic mass is 35.5. The van der Waals surface area contributed by atoms with E-state index in [9.17, 15) is 13.2 Å². The van der Waals surface area contributed by atoms with E-state index >= 15 is 0 Å². The van der Waals surface area contributed by atoms with Crippen molar-refractivity contribution in [3.8, 4) is 0 Å². The number of nitrogens with zero attached hydrogens (tertiary/aromatic N) is 2. The maximum absolute atomic E-state index is 12.8. The van der Waals surface area contributed by atoms with E-state index in [1.54, 1.807) is 24.7 Å². The van der Waals surface area contributed by atoms with Crippen LogP contribution in [0.3, 0.4) is 0 Å². The van der Waals surface area contributed by atoms with E-state index in [1.807, 2.05) is 35.0 Å². The van der Waals surface area contributed by atoms with Gasteiger partial charge in [0.25, 0.3) is 0 Å². The number of hydrogen-bond acceptors (Lipinski definition) is 1. The van der Waals surface area contributed by atoms with Crippen LogP contribution in [0.25, 0.3) is 0 Å². The molecule has 0 saturated carbocycles. The van der Waals surface area contributed by atoms with E-state index < -0.39 is 11.7 Å². The predicted molar refractivity (Wildman–Crippen MR) is 91.6 cm³/mol. The molecule has 0 N–H and O–H groups in total. The molecule has 0 aliphatic heterocycles. The number of hydrogen-bond donors (Lipinski definition) is 0. The first-order chi connectivity index (χ1) is 11.9. The molecule has 25 heavy (non-hydrogen) atoms. The Morgan fingerprint density at radius 3 is 2.36 bits per heavy atom. The third-order valence-electron chi connectivity index (χ3n) is 4.12. The molecule has 1 heterocycles. The van der Waals surface area contributed by atoms with Gasteiger partial charge in [-0.1, -0.05) is 41.9 Å². The molecule has 6 heteroatoms. The van der Waals surface area contributed by atoms with Crippen LogP contribution < -0.4 is 0 Å². The van der Waals surface area contributed by atoms with E-state index in [2.05, 4.69) is 4.98 Å². The zero-order valence-electron chi connectivity index (χ0n) is 13.2. The molecule has 3 aromatic rings. The lowest BCUT2D eigenvalue weighted by atomic mass is 9.91. The first-order valence-corrected chi connectivity index (χ1v) is 8.17. The summed E-state index contributed by atoms with van der Waals surface area (Å²) in [5.41, 5.74) is 1.16. The molecule has 0 aliphatic carbocycles. The summed E-state index contributed by atoms with van der Waals surface area (Å²) >= 11 is 6.25. The number of halogens is 4. The molecule has 2 aromatic carbocycles. The second kappa shape index (κ2) is 7.31. The summed E-state index contributed by atoms with van der Waals surface area (Å²) in [4.78, 5) is 4.03. The van der Waals surface area contributed by atoms with Gasteiger partial charge in [0, 0.05) is 29.9 Å². The summed E-state index contributed by atoms with van der Waals surface area (Å²) < 4.78 is 40.3. The second-order valence-electron chi connectivity index (χ2n) is 5.87. The van der Waals surface area contributed by atoms with Crippen LogP contribution in [-0.2, 0) is 19.1 Å². The Morgan fingerprint density at radius 2 is 1.76 bits per heavy atom. The fourth-order valence-corrected chi connectivity index (χ4v) is 3.02. The second-order valence-corrected chi connectivity index (χ2v) is 6.28. The van der Waals surface area contributed by atoms with Crippen LogP contribution in [0.4, 0.5) is 13.2 Å². The lowest BCUT2D eigenvalue weighted by molar-refractivity contribution is -0.137. The quantitative estimate of drug-likeness (QED) is 0.577. The van der Waals surface area contributed by atoms with Crippen molar-refractivity contribution >= 4 is 11.6 Å². The number of aromatic nitrogens is 2. The smallest absolute Gasteiger partial charge is 0.337 e. The van der Waals surface area contributed by atoms with E-state index in [-0.39, 0.29) is 5.92 Å². The van der Waals surface area contributed by atoms with Crippen molar-refractivity contribution in [2.45, 2.75) is 25.1 Å². The third-order valence-corrected chi connectivity index (χ3v) is 4.49. The molecule has 0 fully saturated rings. The van der Waals surface area contributed by atoms with E-state index in [1.165, 1.54) is 0 Å². The van der Waals surface area contributed by atoms with Gasteiger partial charge in [0.2, 0.25) is 0 Å². The fourth-order valence-electron chi connectivity index (χ4n) is 2.81. The Labute approximate surface area is 148 Å². The van der Waals surface area contributed by atoms with Crippen molar-refractivity contribution in [1.82, 2.24) is 9.55 Å². The Balaban J connectivity index is 1.89. The summed E-state index contributed by atoms with van der Waals surface area (Å²) in [5.74, 6) is -0.0172. The molecule has 0 saturated heterocycles. The van der Waals surface area contributed by atoms with Gasteiger partial charge in [-0.25, -0.2) is 4.98 Å². The highest BCUT2D eigenvalue weighted by Crippen LogP contribution is 2.32. The SMILES string of the molecule is FC(F)(F)c1ccc(C(Cc2ccccc2Cl)Cn2ccnc2)cc1. The third kappa shape index (κ3) is 4.42. The van der Waals surface area contributed by atoms with Crippen molar-refractivity contribution in [3.63, 3.8) is 0 Å². The van der Waals surface area contributed by atoms with Crippen LogP contribution >= 0.6 is 11.6 Å². The maximum Gasteiger partial charge on any atom is 0.416 e. The Hall–Kier alpha value is -2.27.